The summed E-state index contributed by atoms with van der Waals surface area (Å²) in [5.41, 5.74) is 7.22. The Balaban J connectivity index is 0.000000283. The summed E-state index contributed by atoms with van der Waals surface area (Å²) in [5.74, 6) is 1.11. The molecule has 2 aromatic heterocycles. The smallest absolute Gasteiger partial charge is 0.204 e. The monoisotopic (exact) mass is 738 g/mol. The van der Waals surface area contributed by atoms with Gasteiger partial charge in [-0.25, -0.2) is 0 Å². The summed E-state index contributed by atoms with van der Waals surface area (Å²) in [5, 5.41) is 32.2. The molecule has 0 saturated carbocycles. The molecule has 0 atom stereocenters. The maximum absolute atomic E-state index is 4.28. The Morgan fingerprint density at radius 2 is 1.58 bits per heavy atom. The van der Waals surface area contributed by atoms with E-state index in [-0.39, 0.29) is 0 Å². The lowest BCUT2D eigenvalue weighted by Crippen LogP contribution is -2.21. The Labute approximate surface area is 318 Å². The quantitative estimate of drug-likeness (QED) is 0.0432. The fourth-order valence-electron chi connectivity index (χ4n) is 5.12. The molecule has 0 spiro atoms. The van der Waals surface area contributed by atoms with Crippen molar-refractivity contribution in [3.05, 3.63) is 115 Å². The summed E-state index contributed by atoms with van der Waals surface area (Å²) < 4.78 is 0. The molecular formula is C40H54N10S2. The van der Waals surface area contributed by atoms with Crippen LogP contribution < -0.4 is 5.32 Å². The summed E-state index contributed by atoms with van der Waals surface area (Å²) in [4.78, 5) is 4.66. The molecule has 10 nitrogen and oxygen atoms in total. The second kappa shape index (κ2) is 23.7. The Morgan fingerprint density at radius 3 is 2.15 bits per heavy atom. The first-order valence-corrected chi connectivity index (χ1v) is 20.2. The van der Waals surface area contributed by atoms with Gasteiger partial charge in [-0.1, -0.05) is 108 Å². The zero-order valence-corrected chi connectivity index (χ0v) is 33.0. The van der Waals surface area contributed by atoms with Crippen LogP contribution in [0.4, 0.5) is 5.69 Å². The molecule has 0 amide bonds. The van der Waals surface area contributed by atoms with Crippen LogP contribution in [0.1, 0.15) is 65.1 Å². The minimum atomic E-state index is 0.493. The van der Waals surface area contributed by atoms with Crippen molar-refractivity contribution in [3.63, 3.8) is 0 Å². The van der Waals surface area contributed by atoms with Gasteiger partial charge in [0.05, 0.1) is 0 Å². The van der Waals surface area contributed by atoms with Crippen LogP contribution in [-0.2, 0) is 0 Å². The maximum Gasteiger partial charge on any atom is 0.204 e. The number of aromatic nitrogens is 8. The molecule has 0 aliphatic rings. The lowest BCUT2D eigenvalue weighted by Gasteiger charge is -2.23. The molecule has 2 heterocycles. The van der Waals surface area contributed by atoms with Gasteiger partial charge in [-0.05, 0) is 71.5 Å². The van der Waals surface area contributed by atoms with E-state index in [9.17, 15) is 0 Å². The van der Waals surface area contributed by atoms with Crippen molar-refractivity contribution in [2.24, 2.45) is 0 Å². The Kier molecular flexibility index (Phi) is 19.0. The number of benzene rings is 2. The topological polar surface area (TPSA) is 124 Å². The number of unbranched alkanes of at least 4 members (excludes halogenated alkanes) is 3. The lowest BCUT2D eigenvalue weighted by atomic mass is 10.0. The summed E-state index contributed by atoms with van der Waals surface area (Å²) in [6.45, 7) is 21.8. The van der Waals surface area contributed by atoms with E-state index < -0.39 is 0 Å². The minimum Gasteiger partial charge on any atom is -0.384 e. The molecule has 276 valence electrons. The Hall–Kier alpha value is -4.68. The lowest BCUT2D eigenvalue weighted by molar-refractivity contribution is 0.358. The van der Waals surface area contributed by atoms with Crippen molar-refractivity contribution >= 4 is 34.8 Å². The molecule has 4 aromatic rings. The first kappa shape index (κ1) is 41.7. The second-order valence-electron chi connectivity index (χ2n) is 11.9. The van der Waals surface area contributed by atoms with Gasteiger partial charge in [-0.2, -0.15) is 10.4 Å². The highest BCUT2D eigenvalue weighted by molar-refractivity contribution is 8.02. The highest BCUT2D eigenvalue weighted by Crippen LogP contribution is 2.39. The van der Waals surface area contributed by atoms with Crippen molar-refractivity contribution in [3.8, 4) is 22.5 Å². The number of anilines is 1. The van der Waals surface area contributed by atoms with E-state index in [1.54, 1.807) is 29.6 Å². The summed E-state index contributed by atoms with van der Waals surface area (Å²) >= 11 is 3.38. The molecule has 2 aromatic carbocycles. The molecule has 0 unspecified atom stereocenters. The van der Waals surface area contributed by atoms with Crippen LogP contribution in [0.2, 0.25) is 0 Å². The van der Waals surface area contributed by atoms with Gasteiger partial charge in [0.25, 0.3) is 0 Å². The number of tetrazole rings is 2. The fraction of sp³-hybridized carbons (Fsp3) is 0.350. The van der Waals surface area contributed by atoms with Gasteiger partial charge in [0.2, 0.25) is 11.6 Å². The number of H-pyrrole nitrogens is 2. The highest BCUT2D eigenvalue weighted by Gasteiger charge is 2.16. The largest absolute Gasteiger partial charge is 0.384 e. The Morgan fingerprint density at radius 1 is 0.885 bits per heavy atom. The SMILES string of the molecule is C=C/C=C\C(=C)C(=C\N(CCCC)CCCC)/C(=C\C(=C)c1nn[nH]n1)SC.CCCCNc1cc(-c2nn[nH]n2)cc(SC)c1-c1ccccc1. The number of nitrogens with one attached hydrogen (secondary N) is 3. The number of rotatable bonds is 21. The van der Waals surface area contributed by atoms with Crippen LogP contribution in [0.25, 0.3) is 28.1 Å². The standard InChI is InChI=1S/C22H33N5S.C18H21N5S/c1-7-10-13-18(4)20(17-27(14-11-8-2)15-12-9-3)21(28-6)16-19(5)22-23-25-26-24-22;1-3-4-10-19-15-11-14(18-20-22-23-21-18)12-16(24-2)17(15)13-8-6-5-7-9-13/h7,10,13,16-17H,1,4-5,8-9,11-12,14-15H2,2-3,6H3,(H,23,24,25,26);5-9,11-12,19H,3-4,10H2,1-2H3,(H,20,21,22,23)/b13-10-,20-17+,21-16+;. The van der Waals surface area contributed by atoms with Crippen molar-refractivity contribution in [2.45, 2.75) is 64.2 Å². The minimum absolute atomic E-state index is 0.493. The van der Waals surface area contributed by atoms with Crippen LogP contribution in [0, 0.1) is 0 Å². The third-order valence-electron chi connectivity index (χ3n) is 7.95. The molecule has 3 N–H and O–H groups in total. The van der Waals surface area contributed by atoms with Gasteiger partial charge < -0.3 is 10.2 Å². The third kappa shape index (κ3) is 13.1. The second-order valence-corrected chi connectivity index (χ2v) is 13.6. The highest BCUT2D eigenvalue weighted by atomic mass is 32.2. The van der Waals surface area contributed by atoms with Gasteiger partial charge in [0, 0.05) is 63.6 Å². The average Bonchev–Trinajstić information content (AvgIpc) is 3.92. The van der Waals surface area contributed by atoms with Gasteiger partial charge in [-0.3, -0.25) is 0 Å². The molecule has 0 aliphatic heterocycles. The number of hydrogen-bond donors (Lipinski definition) is 3. The van der Waals surface area contributed by atoms with E-state index in [0.717, 1.165) is 72.6 Å². The summed E-state index contributed by atoms with van der Waals surface area (Å²) in [6.07, 6.45) is 21.0. The van der Waals surface area contributed by atoms with Gasteiger partial charge >= 0.3 is 0 Å². The molecule has 0 saturated heterocycles. The number of nitrogens with zero attached hydrogens (tertiary/aromatic N) is 7. The fourth-order valence-corrected chi connectivity index (χ4v) is 6.46. The molecule has 0 fully saturated rings. The van der Waals surface area contributed by atoms with Gasteiger partial charge in [0.1, 0.15) is 0 Å². The number of thioether (sulfide) groups is 2. The van der Waals surface area contributed by atoms with Gasteiger partial charge in [0.15, 0.2) is 0 Å². The molecular weight excluding hydrogens is 685 g/mol. The average molecular weight is 739 g/mol. The van der Waals surface area contributed by atoms with Crippen molar-refractivity contribution in [1.82, 2.24) is 46.1 Å². The number of allylic oxidation sites excluding steroid dienone is 7. The third-order valence-corrected chi connectivity index (χ3v) is 9.49. The summed E-state index contributed by atoms with van der Waals surface area (Å²) in [6, 6.07) is 14.7. The predicted molar refractivity (Wildman–Crippen MR) is 223 cm³/mol. The summed E-state index contributed by atoms with van der Waals surface area (Å²) in [7, 11) is 0. The number of hydrogen-bond acceptors (Lipinski definition) is 10. The van der Waals surface area contributed by atoms with Gasteiger partial charge in [-0.15, -0.1) is 43.9 Å². The first-order valence-electron chi connectivity index (χ1n) is 17.8. The molecule has 0 aliphatic carbocycles. The van der Waals surface area contributed by atoms with Crippen LogP contribution in [-0.4, -0.2) is 78.3 Å². The predicted octanol–water partition coefficient (Wildman–Crippen LogP) is 10.0. The molecule has 52 heavy (non-hydrogen) atoms. The zero-order valence-electron chi connectivity index (χ0n) is 31.4. The van der Waals surface area contributed by atoms with Crippen molar-refractivity contribution in [1.29, 1.82) is 0 Å². The number of aromatic amines is 2. The molecule has 0 radical (unpaired) electrons. The van der Waals surface area contributed by atoms with E-state index in [0.29, 0.717) is 17.2 Å². The van der Waals surface area contributed by atoms with E-state index in [4.69, 9.17) is 0 Å². The van der Waals surface area contributed by atoms with Crippen molar-refractivity contribution in [2.75, 3.05) is 37.5 Å². The van der Waals surface area contributed by atoms with E-state index in [1.165, 1.54) is 28.9 Å². The van der Waals surface area contributed by atoms with Crippen molar-refractivity contribution < 1.29 is 0 Å². The van der Waals surface area contributed by atoms with E-state index in [1.807, 2.05) is 24.3 Å². The van der Waals surface area contributed by atoms with Crippen LogP contribution in [0.3, 0.4) is 0 Å². The molecule has 4 rings (SSSR count). The van der Waals surface area contributed by atoms with Crippen LogP contribution in [0.15, 0.2) is 114 Å². The normalized spacial score (nSPS) is 11.6. The maximum atomic E-state index is 4.28. The molecule has 12 heteroatoms. The van der Waals surface area contributed by atoms with Crippen LogP contribution >= 0.6 is 23.5 Å². The molecule has 0 bridgehead atoms. The Bertz CT molecular complexity index is 1740. The van der Waals surface area contributed by atoms with E-state index in [2.05, 4.69) is 147 Å². The van der Waals surface area contributed by atoms with E-state index >= 15 is 0 Å². The first-order chi connectivity index (χ1) is 25.4. The van der Waals surface area contributed by atoms with Crippen LogP contribution in [0.5, 0.6) is 0 Å². The zero-order chi connectivity index (χ0) is 37.6.